The minimum atomic E-state index is -1.54. The molecule has 1 aromatic heterocycles. The molecule has 7 atom stereocenters. The van der Waals surface area contributed by atoms with E-state index >= 15 is 0 Å². The number of phenols is 2. The Morgan fingerprint density at radius 3 is 2.61 bits per heavy atom. The molecule has 6 rings (SSSR count). The summed E-state index contributed by atoms with van der Waals surface area (Å²) in [5.41, 5.74) is -0.194. The van der Waals surface area contributed by atoms with Crippen LogP contribution in [0, 0.1) is 0 Å². The van der Waals surface area contributed by atoms with E-state index in [1.165, 1.54) is 19.2 Å². The summed E-state index contributed by atoms with van der Waals surface area (Å²) in [6.07, 6.45) is -6.27. The number of methoxy groups -OCH3 is 1. The van der Waals surface area contributed by atoms with Gasteiger partial charge in [-0.3, -0.25) is 4.79 Å². The number of fused-ring (bicyclic) bond motifs is 5. The van der Waals surface area contributed by atoms with Crippen molar-refractivity contribution in [3.05, 3.63) is 34.0 Å². The van der Waals surface area contributed by atoms with Crippen LogP contribution in [0.5, 0.6) is 23.0 Å². The van der Waals surface area contributed by atoms with Gasteiger partial charge in [-0.1, -0.05) is 0 Å². The van der Waals surface area contributed by atoms with Gasteiger partial charge in [-0.15, -0.1) is 0 Å². The molecule has 12 heteroatoms. The van der Waals surface area contributed by atoms with E-state index in [-0.39, 0.29) is 39.4 Å². The number of ether oxygens (including phenoxy) is 5. The molecule has 0 aliphatic carbocycles. The zero-order chi connectivity index (χ0) is 25.3. The van der Waals surface area contributed by atoms with Gasteiger partial charge in [0.05, 0.1) is 19.1 Å². The van der Waals surface area contributed by atoms with Gasteiger partial charge in [0.25, 0.3) is 0 Å². The topological polar surface area (TPSA) is 178 Å². The minimum Gasteiger partial charge on any atom is -0.507 e. The van der Waals surface area contributed by atoms with Gasteiger partial charge in [-0.2, -0.15) is 0 Å². The Bertz CT molecular complexity index is 1400. The van der Waals surface area contributed by atoms with Crippen LogP contribution in [0.4, 0.5) is 0 Å². The maximum Gasteiger partial charge on any atom is 0.229 e. The van der Waals surface area contributed by atoms with Crippen LogP contribution in [0.15, 0.2) is 27.4 Å². The molecular weight excluding hydrogens is 480 g/mol. The molecule has 0 amide bonds. The summed E-state index contributed by atoms with van der Waals surface area (Å²) < 4.78 is 33.4. The number of aliphatic hydroxyl groups is 3. The van der Waals surface area contributed by atoms with Crippen molar-refractivity contribution in [3.8, 4) is 23.0 Å². The molecule has 12 nitrogen and oxygen atoms in total. The third-order valence-electron chi connectivity index (χ3n) is 6.99. The molecule has 36 heavy (non-hydrogen) atoms. The molecule has 2 aromatic carbocycles. The molecule has 3 aliphatic rings. The molecule has 2 saturated heterocycles. The summed E-state index contributed by atoms with van der Waals surface area (Å²) in [7, 11) is 1.30. The smallest absolute Gasteiger partial charge is 0.229 e. The maximum absolute atomic E-state index is 13.3. The Morgan fingerprint density at radius 1 is 1.08 bits per heavy atom. The largest absolute Gasteiger partial charge is 0.507 e. The van der Waals surface area contributed by atoms with Crippen molar-refractivity contribution in [2.75, 3.05) is 20.3 Å². The fourth-order valence-corrected chi connectivity index (χ4v) is 5.25. The highest BCUT2D eigenvalue weighted by molar-refractivity contribution is 5.98. The predicted octanol–water partition coefficient (Wildman–Crippen LogP) is 0.413. The van der Waals surface area contributed by atoms with Gasteiger partial charge < -0.3 is 53.6 Å². The molecule has 4 heterocycles. The molecule has 3 aromatic rings. The van der Waals surface area contributed by atoms with Crippen LogP contribution in [-0.2, 0) is 14.2 Å². The minimum absolute atomic E-state index is 0.0351. The van der Waals surface area contributed by atoms with Gasteiger partial charge in [0.15, 0.2) is 0 Å². The number of phenolic OH excluding ortho intramolecular Hbond substituents is 2. The first-order valence-corrected chi connectivity index (χ1v) is 11.4. The zero-order valence-corrected chi connectivity index (χ0v) is 19.0. The van der Waals surface area contributed by atoms with Crippen molar-refractivity contribution < 1.29 is 53.6 Å². The Balaban J connectivity index is 1.41. The van der Waals surface area contributed by atoms with Gasteiger partial charge in [-0.25, -0.2) is 0 Å². The van der Waals surface area contributed by atoms with Gasteiger partial charge >= 0.3 is 0 Å². The molecule has 0 bridgehead atoms. The van der Waals surface area contributed by atoms with Gasteiger partial charge in [0, 0.05) is 30.9 Å². The van der Waals surface area contributed by atoms with Crippen LogP contribution in [0.3, 0.4) is 0 Å². The summed E-state index contributed by atoms with van der Waals surface area (Å²) in [4.78, 5) is 13.3. The van der Waals surface area contributed by atoms with E-state index in [2.05, 4.69) is 0 Å². The Kier molecular flexibility index (Phi) is 5.48. The number of benzene rings is 2. The van der Waals surface area contributed by atoms with E-state index in [9.17, 15) is 30.3 Å². The number of aromatic hydroxyl groups is 2. The number of hydrogen-bond acceptors (Lipinski definition) is 12. The van der Waals surface area contributed by atoms with E-state index in [0.29, 0.717) is 24.3 Å². The van der Waals surface area contributed by atoms with Crippen LogP contribution in [0.25, 0.3) is 21.9 Å². The lowest BCUT2D eigenvalue weighted by atomic mass is 9.95. The number of hydrogen-bond donors (Lipinski definition) is 5. The first-order chi connectivity index (χ1) is 17.3. The van der Waals surface area contributed by atoms with Crippen LogP contribution < -0.4 is 14.9 Å². The van der Waals surface area contributed by atoms with Crippen LogP contribution in [-0.4, -0.2) is 82.9 Å². The zero-order valence-electron chi connectivity index (χ0n) is 19.0. The standard InChI is InChI=1S/C24H24O12/c1-31-22-14(7-25)36-24(21(30)20(22)29)33-8-4-10(26)16-11(5-8)34-13-6-12-15(18(27)17(13)19(16)28)9-2-3-32-23(9)35-12/h4-6,9,14,20-27,29-30H,2-3,7H2,1H3/t9-,14+,20+,21+,22+,23+,24-/m0/s1. The third kappa shape index (κ3) is 3.34. The SMILES string of the molecule is CO[C@H]1[C@H](O)[C@@H](O)[C@@H](Oc2cc(O)c3c(=O)c4c(O)c5c(cc4oc3c2)O[C@H]2OCC[C@@H]52)O[C@@H]1CO. The molecule has 0 radical (unpaired) electrons. The number of rotatable bonds is 4. The van der Waals surface area contributed by atoms with Gasteiger partial charge in [0.2, 0.25) is 18.0 Å². The monoisotopic (exact) mass is 504 g/mol. The van der Waals surface area contributed by atoms with Crippen molar-refractivity contribution in [1.82, 2.24) is 0 Å². The Hall–Kier alpha value is -3.13. The lowest BCUT2D eigenvalue weighted by Gasteiger charge is -2.41. The van der Waals surface area contributed by atoms with Crippen LogP contribution >= 0.6 is 0 Å². The lowest BCUT2D eigenvalue weighted by Crippen LogP contribution is -2.60. The quantitative estimate of drug-likeness (QED) is 0.310. The third-order valence-corrected chi connectivity index (χ3v) is 6.99. The second-order valence-corrected chi connectivity index (χ2v) is 9.03. The molecule has 0 unspecified atom stereocenters. The molecule has 3 aliphatic heterocycles. The predicted molar refractivity (Wildman–Crippen MR) is 120 cm³/mol. The second-order valence-electron chi connectivity index (χ2n) is 9.03. The average Bonchev–Trinajstić information content (AvgIpc) is 3.42. The number of aliphatic hydroxyl groups excluding tert-OH is 3. The summed E-state index contributed by atoms with van der Waals surface area (Å²) in [5.74, 6) is -0.663. The van der Waals surface area contributed by atoms with E-state index < -0.39 is 54.8 Å². The highest BCUT2D eigenvalue weighted by Gasteiger charge is 2.46. The molecule has 0 spiro atoms. The molecular formula is C24H24O12. The fraction of sp³-hybridized carbons (Fsp3) is 0.458. The van der Waals surface area contributed by atoms with Crippen molar-refractivity contribution in [3.63, 3.8) is 0 Å². The van der Waals surface area contributed by atoms with Crippen molar-refractivity contribution >= 4 is 21.9 Å². The highest BCUT2D eigenvalue weighted by Crippen LogP contribution is 2.51. The normalized spacial score (nSPS) is 31.4. The molecule has 5 N–H and O–H groups in total. The molecule has 2 fully saturated rings. The van der Waals surface area contributed by atoms with Crippen molar-refractivity contribution in [2.24, 2.45) is 0 Å². The van der Waals surface area contributed by atoms with Crippen LogP contribution in [0.1, 0.15) is 17.9 Å². The van der Waals surface area contributed by atoms with Crippen molar-refractivity contribution in [2.45, 2.75) is 49.3 Å². The van der Waals surface area contributed by atoms with Gasteiger partial charge in [-0.05, 0) is 6.42 Å². The van der Waals surface area contributed by atoms with E-state index in [1.54, 1.807) is 0 Å². The Labute approximate surface area is 202 Å². The molecule has 192 valence electrons. The highest BCUT2D eigenvalue weighted by atomic mass is 16.7. The van der Waals surface area contributed by atoms with Crippen LogP contribution in [0.2, 0.25) is 0 Å². The Morgan fingerprint density at radius 2 is 1.86 bits per heavy atom. The van der Waals surface area contributed by atoms with E-state index in [0.717, 1.165) is 6.07 Å². The second kappa shape index (κ2) is 8.47. The maximum atomic E-state index is 13.3. The average molecular weight is 504 g/mol. The van der Waals surface area contributed by atoms with Crippen molar-refractivity contribution in [1.29, 1.82) is 0 Å². The summed E-state index contributed by atoms with van der Waals surface area (Å²) in [6.45, 7) is -0.0294. The fourth-order valence-electron chi connectivity index (χ4n) is 5.25. The molecule has 0 saturated carbocycles. The van der Waals surface area contributed by atoms with E-state index in [4.69, 9.17) is 28.1 Å². The van der Waals surface area contributed by atoms with Gasteiger partial charge in [0.1, 0.15) is 69.4 Å². The van der Waals surface area contributed by atoms with E-state index in [1.807, 2.05) is 0 Å². The first kappa shape index (κ1) is 23.3. The lowest BCUT2D eigenvalue weighted by molar-refractivity contribution is -0.281. The summed E-state index contributed by atoms with van der Waals surface area (Å²) in [6, 6.07) is 3.93. The first-order valence-electron chi connectivity index (χ1n) is 11.4. The summed E-state index contributed by atoms with van der Waals surface area (Å²) in [5, 5.41) is 51.7. The summed E-state index contributed by atoms with van der Waals surface area (Å²) >= 11 is 0.